The molecule has 0 fully saturated rings. The number of nitrogens with zero attached hydrogens (tertiary/aromatic N) is 1. The van der Waals surface area contributed by atoms with Gasteiger partial charge in [-0.1, -0.05) is 23.7 Å². The molecule has 0 unspecified atom stereocenters. The monoisotopic (exact) mass is 294 g/mol. The van der Waals surface area contributed by atoms with Gasteiger partial charge in [0.2, 0.25) is 5.89 Å². The summed E-state index contributed by atoms with van der Waals surface area (Å²) in [6, 6.07) is 7.25. The molecule has 2 N–H and O–H groups in total. The summed E-state index contributed by atoms with van der Waals surface area (Å²) in [5.74, 6) is 0.0888. The van der Waals surface area contributed by atoms with Crippen LogP contribution >= 0.6 is 11.6 Å². The van der Waals surface area contributed by atoms with Crippen molar-refractivity contribution in [1.82, 2.24) is 10.3 Å². The van der Waals surface area contributed by atoms with E-state index in [-0.39, 0.29) is 6.54 Å². The third-order valence-electron chi connectivity index (χ3n) is 2.88. The maximum atomic E-state index is 11.0. The number of aliphatic carboxylic acids is 1. The molecule has 0 aliphatic heterocycles. The zero-order valence-corrected chi connectivity index (χ0v) is 11.9. The number of carboxylic acids is 1. The molecule has 20 heavy (non-hydrogen) atoms. The van der Waals surface area contributed by atoms with E-state index in [1.807, 2.05) is 12.1 Å². The molecule has 0 saturated carbocycles. The van der Waals surface area contributed by atoms with Gasteiger partial charge in [0.25, 0.3) is 0 Å². The zero-order chi connectivity index (χ0) is 14.8. The van der Waals surface area contributed by atoms with Crippen LogP contribution in [-0.4, -0.2) is 21.6 Å². The fraction of sp³-hybridized carbons (Fsp3) is 0.286. The van der Waals surface area contributed by atoms with Crippen LogP contribution in [0, 0.1) is 0 Å². The maximum Gasteiger partial charge on any atom is 0.323 e. The first-order valence-corrected chi connectivity index (χ1v) is 6.45. The van der Waals surface area contributed by atoms with E-state index in [1.165, 1.54) is 0 Å². The molecule has 2 aromatic rings. The van der Waals surface area contributed by atoms with E-state index in [4.69, 9.17) is 21.1 Å². The van der Waals surface area contributed by atoms with Gasteiger partial charge in [-0.25, -0.2) is 4.98 Å². The molecule has 5 nitrogen and oxygen atoms in total. The van der Waals surface area contributed by atoms with Gasteiger partial charge in [-0.3, -0.25) is 10.1 Å². The van der Waals surface area contributed by atoms with Gasteiger partial charge in [0.1, 0.15) is 5.54 Å². The number of nitrogens with one attached hydrogen (secondary N) is 1. The summed E-state index contributed by atoms with van der Waals surface area (Å²) in [5.41, 5.74) is -0.209. The smallest absolute Gasteiger partial charge is 0.323 e. The molecular formula is C14H15ClN2O3. The van der Waals surface area contributed by atoms with Crippen LogP contribution in [0.5, 0.6) is 0 Å². The van der Waals surface area contributed by atoms with Gasteiger partial charge >= 0.3 is 5.97 Å². The van der Waals surface area contributed by atoms with E-state index >= 15 is 0 Å². The van der Waals surface area contributed by atoms with Gasteiger partial charge in [0, 0.05) is 10.6 Å². The van der Waals surface area contributed by atoms with E-state index in [0.29, 0.717) is 16.7 Å². The van der Waals surface area contributed by atoms with Crippen LogP contribution in [0.15, 0.2) is 34.9 Å². The highest BCUT2D eigenvalue weighted by Gasteiger charge is 2.26. The van der Waals surface area contributed by atoms with E-state index < -0.39 is 11.5 Å². The largest absolute Gasteiger partial charge is 0.480 e. The van der Waals surface area contributed by atoms with Crippen LogP contribution < -0.4 is 5.32 Å². The van der Waals surface area contributed by atoms with Crippen molar-refractivity contribution < 1.29 is 14.3 Å². The Labute approximate surface area is 121 Å². The first kappa shape index (κ1) is 14.6. The summed E-state index contributed by atoms with van der Waals surface area (Å²) in [6.07, 6.45) is 1.59. The first-order valence-electron chi connectivity index (χ1n) is 6.07. The van der Waals surface area contributed by atoms with Crippen LogP contribution in [0.25, 0.3) is 11.3 Å². The van der Waals surface area contributed by atoms with Crippen molar-refractivity contribution >= 4 is 17.6 Å². The topological polar surface area (TPSA) is 75.4 Å². The third-order valence-corrected chi connectivity index (χ3v) is 3.11. The van der Waals surface area contributed by atoms with Crippen molar-refractivity contribution in [1.29, 1.82) is 0 Å². The zero-order valence-electron chi connectivity index (χ0n) is 11.2. The van der Waals surface area contributed by atoms with E-state index in [9.17, 15) is 4.79 Å². The minimum atomic E-state index is -1.04. The van der Waals surface area contributed by atoms with Crippen LogP contribution in [0.2, 0.25) is 5.02 Å². The summed E-state index contributed by atoms with van der Waals surface area (Å²) in [4.78, 5) is 15.1. The quantitative estimate of drug-likeness (QED) is 0.887. The second-order valence-corrected chi connectivity index (χ2v) is 5.35. The predicted molar refractivity (Wildman–Crippen MR) is 75.5 cm³/mol. The van der Waals surface area contributed by atoms with E-state index in [1.54, 1.807) is 32.2 Å². The molecule has 6 heteroatoms. The van der Waals surface area contributed by atoms with Crippen LogP contribution in [-0.2, 0) is 11.3 Å². The number of hydrogen-bond acceptors (Lipinski definition) is 4. The molecule has 1 aromatic carbocycles. The molecule has 0 amide bonds. The summed E-state index contributed by atoms with van der Waals surface area (Å²) in [6.45, 7) is 3.40. The minimum Gasteiger partial charge on any atom is -0.480 e. The van der Waals surface area contributed by atoms with Gasteiger partial charge < -0.3 is 9.52 Å². The fourth-order valence-electron chi connectivity index (χ4n) is 1.54. The van der Waals surface area contributed by atoms with Crippen LogP contribution in [0.4, 0.5) is 0 Å². The van der Waals surface area contributed by atoms with Crippen molar-refractivity contribution in [2.45, 2.75) is 25.9 Å². The first-order chi connectivity index (χ1) is 9.38. The number of halogens is 1. The van der Waals surface area contributed by atoms with Crippen molar-refractivity contribution in [3.05, 3.63) is 41.4 Å². The van der Waals surface area contributed by atoms with Crippen LogP contribution in [0.3, 0.4) is 0 Å². The Hall–Kier alpha value is -1.85. The summed E-state index contributed by atoms with van der Waals surface area (Å²) in [5, 5.41) is 12.5. The summed E-state index contributed by atoms with van der Waals surface area (Å²) in [7, 11) is 0. The van der Waals surface area contributed by atoms with E-state index in [2.05, 4.69) is 10.3 Å². The second-order valence-electron chi connectivity index (χ2n) is 4.91. The van der Waals surface area contributed by atoms with Crippen molar-refractivity contribution in [2.75, 3.05) is 0 Å². The Balaban J connectivity index is 2.08. The van der Waals surface area contributed by atoms with Crippen molar-refractivity contribution in [3.8, 4) is 11.3 Å². The average molecular weight is 295 g/mol. The lowest BCUT2D eigenvalue weighted by Gasteiger charge is -2.19. The highest BCUT2D eigenvalue weighted by molar-refractivity contribution is 6.30. The number of aromatic nitrogens is 1. The Bertz CT molecular complexity index is 622. The number of hydrogen-bond donors (Lipinski definition) is 2. The predicted octanol–water partition coefficient (Wildman–Crippen LogP) is 2.95. The minimum absolute atomic E-state index is 0.236. The molecule has 2 rings (SSSR count). The lowest BCUT2D eigenvalue weighted by molar-refractivity contribution is -0.143. The summed E-state index contributed by atoms with van der Waals surface area (Å²) < 4.78 is 5.57. The van der Waals surface area contributed by atoms with Gasteiger partial charge in [0.05, 0.1) is 12.7 Å². The highest BCUT2D eigenvalue weighted by Crippen LogP contribution is 2.23. The normalized spacial score (nSPS) is 11.6. The molecule has 0 radical (unpaired) electrons. The molecule has 0 atom stereocenters. The summed E-state index contributed by atoms with van der Waals surface area (Å²) >= 11 is 5.92. The third kappa shape index (κ3) is 3.37. The number of oxazole rings is 1. The fourth-order valence-corrected chi connectivity index (χ4v) is 1.73. The molecular weight excluding hydrogens is 280 g/mol. The van der Waals surface area contributed by atoms with Crippen molar-refractivity contribution in [2.24, 2.45) is 0 Å². The number of carbonyl (C=O) groups is 1. The number of benzene rings is 1. The molecule has 106 valence electrons. The highest BCUT2D eigenvalue weighted by atomic mass is 35.5. The number of carboxylic acid groups (broad SMARTS) is 1. The van der Waals surface area contributed by atoms with Crippen LogP contribution in [0.1, 0.15) is 19.7 Å². The molecule has 1 aromatic heterocycles. The average Bonchev–Trinajstić information content (AvgIpc) is 2.85. The molecule has 1 heterocycles. The Morgan fingerprint density at radius 1 is 1.50 bits per heavy atom. The molecule has 0 aliphatic rings. The SMILES string of the molecule is CC(C)(NCc1ncc(-c2cccc(Cl)c2)o1)C(=O)O. The Morgan fingerprint density at radius 2 is 2.25 bits per heavy atom. The molecule has 0 bridgehead atoms. The maximum absolute atomic E-state index is 11.0. The number of rotatable bonds is 5. The Kier molecular flexibility index (Phi) is 4.11. The van der Waals surface area contributed by atoms with Gasteiger partial charge in [-0.15, -0.1) is 0 Å². The van der Waals surface area contributed by atoms with Gasteiger partial charge in [0.15, 0.2) is 5.76 Å². The van der Waals surface area contributed by atoms with Gasteiger partial charge in [-0.05, 0) is 26.0 Å². The molecule has 0 aliphatic carbocycles. The van der Waals surface area contributed by atoms with Gasteiger partial charge in [-0.2, -0.15) is 0 Å². The molecule has 0 spiro atoms. The second kappa shape index (κ2) is 5.64. The van der Waals surface area contributed by atoms with E-state index in [0.717, 1.165) is 5.56 Å². The van der Waals surface area contributed by atoms with Crippen molar-refractivity contribution in [3.63, 3.8) is 0 Å². The lowest BCUT2D eigenvalue weighted by Crippen LogP contribution is -2.46. The standard InChI is InChI=1S/C14H15ClN2O3/c1-14(2,13(18)19)17-8-12-16-7-11(20-12)9-4-3-5-10(15)6-9/h3-7,17H,8H2,1-2H3,(H,18,19). The Morgan fingerprint density at radius 3 is 2.90 bits per heavy atom. The lowest BCUT2D eigenvalue weighted by atomic mass is 10.1. The molecule has 0 saturated heterocycles.